The van der Waals surface area contributed by atoms with Crippen molar-refractivity contribution < 1.29 is 9.53 Å². The number of halogens is 1. The zero-order valence-electron chi connectivity index (χ0n) is 15.6. The number of pyridine rings is 1. The largest absolute Gasteiger partial charge is 0.497 e. The fourth-order valence-corrected chi connectivity index (χ4v) is 2.29. The molecule has 1 aromatic heterocycles. The van der Waals surface area contributed by atoms with Gasteiger partial charge in [0, 0.05) is 39.1 Å². The molecular formula is C19H26IN5O2. The third-order valence-electron chi connectivity index (χ3n) is 3.72. The Morgan fingerprint density at radius 3 is 2.41 bits per heavy atom. The standard InChI is InChI=1S/C19H25N5O2.HI/c1-20-19(23-11-9-15-5-7-17(26-2)8-6-15)24-13-12-22-18(25)16-4-3-10-21-14-16;/h3-8,10,14H,9,11-13H2,1-2H3,(H,22,25)(H2,20,23,24);1H. The van der Waals surface area contributed by atoms with Crippen molar-refractivity contribution in [2.24, 2.45) is 4.99 Å². The highest BCUT2D eigenvalue weighted by molar-refractivity contribution is 14.0. The summed E-state index contributed by atoms with van der Waals surface area (Å²) in [5, 5.41) is 9.26. The topological polar surface area (TPSA) is 87.6 Å². The molecule has 2 aromatic rings. The number of carbonyl (C=O) groups is 1. The second-order valence-electron chi connectivity index (χ2n) is 5.52. The molecule has 27 heavy (non-hydrogen) atoms. The summed E-state index contributed by atoms with van der Waals surface area (Å²) >= 11 is 0. The maximum absolute atomic E-state index is 11.9. The van der Waals surface area contributed by atoms with Gasteiger partial charge < -0.3 is 20.7 Å². The van der Waals surface area contributed by atoms with Gasteiger partial charge in [-0.3, -0.25) is 14.8 Å². The minimum absolute atomic E-state index is 0. The lowest BCUT2D eigenvalue weighted by Gasteiger charge is -2.12. The number of aromatic nitrogens is 1. The number of amides is 1. The quantitative estimate of drug-likeness (QED) is 0.231. The fraction of sp³-hybridized carbons (Fsp3) is 0.316. The highest BCUT2D eigenvalue weighted by atomic mass is 127. The van der Waals surface area contributed by atoms with E-state index in [0.29, 0.717) is 24.6 Å². The summed E-state index contributed by atoms with van der Waals surface area (Å²) in [5.74, 6) is 1.42. The number of benzene rings is 1. The minimum atomic E-state index is -0.137. The molecular weight excluding hydrogens is 457 g/mol. The molecule has 0 saturated carbocycles. The number of nitrogens with zero attached hydrogens (tertiary/aromatic N) is 2. The lowest BCUT2D eigenvalue weighted by molar-refractivity contribution is 0.0954. The number of nitrogens with one attached hydrogen (secondary N) is 3. The van der Waals surface area contributed by atoms with Gasteiger partial charge in [0.2, 0.25) is 0 Å². The van der Waals surface area contributed by atoms with Crippen molar-refractivity contribution in [2.45, 2.75) is 6.42 Å². The van der Waals surface area contributed by atoms with Gasteiger partial charge in [0.15, 0.2) is 5.96 Å². The van der Waals surface area contributed by atoms with E-state index >= 15 is 0 Å². The lowest BCUT2D eigenvalue weighted by atomic mass is 10.1. The van der Waals surface area contributed by atoms with Crippen molar-refractivity contribution in [3.05, 3.63) is 59.9 Å². The van der Waals surface area contributed by atoms with Gasteiger partial charge in [-0.05, 0) is 36.2 Å². The molecule has 0 spiro atoms. The lowest BCUT2D eigenvalue weighted by Crippen LogP contribution is -2.42. The Morgan fingerprint density at radius 1 is 1.07 bits per heavy atom. The van der Waals surface area contributed by atoms with Crippen molar-refractivity contribution in [3.63, 3.8) is 0 Å². The van der Waals surface area contributed by atoms with Crippen molar-refractivity contribution in [3.8, 4) is 5.75 Å². The molecule has 3 N–H and O–H groups in total. The smallest absolute Gasteiger partial charge is 0.252 e. The van der Waals surface area contributed by atoms with Gasteiger partial charge in [-0.25, -0.2) is 0 Å². The molecule has 1 heterocycles. The van der Waals surface area contributed by atoms with E-state index < -0.39 is 0 Å². The van der Waals surface area contributed by atoms with E-state index in [1.165, 1.54) is 5.56 Å². The Bertz CT molecular complexity index is 708. The van der Waals surface area contributed by atoms with Gasteiger partial charge in [0.05, 0.1) is 12.7 Å². The highest BCUT2D eigenvalue weighted by Gasteiger charge is 2.04. The molecule has 0 radical (unpaired) electrons. The Balaban J connectivity index is 0.00000364. The summed E-state index contributed by atoms with van der Waals surface area (Å²) in [6.45, 7) is 1.83. The van der Waals surface area contributed by atoms with Crippen LogP contribution in [0.5, 0.6) is 5.75 Å². The molecule has 7 nitrogen and oxygen atoms in total. The number of carbonyl (C=O) groups excluding carboxylic acids is 1. The Hall–Kier alpha value is -2.36. The first-order valence-corrected chi connectivity index (χ1v) is 8.48. The predicted molar refractivity (Wildman–Crippen MR) is 118 cm³/mol. The molecule has 0 aliphatic rings. The second kappa shape index (κ2) is 12.9. The van der Waals surface area contributed by atoms with Crippen LogP contribution in [-0.4, -0.2) is 50.6 Å². The van der Waals surface area contributed by atoms with E-state index in [1.807, 2.05) is 24.3 Å². The number of hydrogen-bond acceptors (Lipinski definition) is 4. The van der Waals surface area contributed by atoms with Gasteiger partial charge in [-0.2, -0.15) is 0 Å². The van der Waals surface area contributed by atoms with Crippen LogP contribution >= 0.6 is 24.0 Å². The van der Waals surface area contributed by atoms with E-state index in [9.17, 15) is 4.79 Å². The van der Waals surface area contributed by atoms with Gasteiger partial charge in [-0.1, -0.05) is 12.1 Å². The molecule has 146 valence electrons. The summed E-state index contributed by atoms with van der Waals surface area (Å²) < 4.78 is 5.15. The van der Waals surface area contributed by atoms with Crippen LogP contribution in [0.1, 0.15) is 15.9 Å². The Morgan fingerprint density at radius 2 is 1.78 bits per heavy atom. The van der Waals surface area contributed by atoms with Gasteiger partial charge in [0.1, 0.15) is 5.75 Å². The fourth-order valence-electron chi connectivity index (χ4n) is 2.29. The summed E-state index contributed by atoms with van der Waals surface area (Å²) in [6, 6.07) is 11.5. The summed E-state index contributed by atoms with van der Waals surface area (Å²) in [7, 11) is 3.38. The molecule has 0 aliphatic carbocycles. The number of rotatable bonds is 8. The first kappa shape index (κ1) is 22.7. The Kier molecular flexibility index (Phi) is 10.8. The van der Waals surface area contributed by atoms with Crippen molar-refractivity contribution in [1.29, 1.82) is 0 Å². The molecule has 1 amide bonds. The second-order valence-corrected chi connectivity index (χ2v) is 5.52. The molecule has 1 aromatic carbocycles. The molecule has 0 aliphatic heterocycles. The normalized spacial score (nSPS) is 10.5. The number of guanidine groups is 1. The number of hydrogen-bond donors (Lipinski definition) is 3. The molecule has 0 bridgehead atoms. The summed E-state index contributed by atoms with van der Waals surface area (Å²) in [4.78, 5) is 20.0. The van der Waals surface area contributed by atoms with E-state index in [1.54, 1.807) is 38.7 Å². The summed E-state index contributed by atoms with van der Waals surface area (Å²) in [6.07, 6.45) is 4.06. The van der Waals surface area contributed by atoms with Crippen LogP contribution in [0.15, 0.2) is 53.8 Å². The van der Waals surface area contributed by atoms with E-state index in [-0.39, 0.29) is 29.9 Å². The minimum Gasteiger partial charge on any atom is -0.497 e. The zero-order chi connectivity index (χ0) is 18.6. The van der Waals surface area contributed by atoms with E-state index in [2.05, 4.69) is 25.9 Å². The van der Waals surface area contributed by atoms with Crippen LogP contribution in [0.3, 0.4) is 0 Å². The zero-order valence-corrected chi connectivity index (χ0v) is 17.9. The van der Waals surface area contributed by atoms with E-state index in [4.69, 9.17) is 4.74 Å². The molecule has 8 heteroatoms. The van der Waals surface area contributed by atoms with Crippen LogP contribution in [0.25, 0.3) is 0 Å². The maximum atomic E-state index is 11.9. The van der Waals surface area contributed by atoms with Crippen LogP contribution in [0.4, 0.5) is 0 Å². The van der Waals surface area contributed by atoms with Crippen LogP contribution in [-0.2, 0) is 6.42 Å². The monoisotopic (exact) mass is 483 g/mol. The first-order valence-electron chi connectivity index (χ1n) is 8.48. The van der Waals surface area contributed by atoms with Gasteiger partial charge >= 0.3 is 0 Å². The molecule has 0 unspecified atom stereocenters. The number of methoxy groups -OCH3 is 1. The molecule has 0 atom stereocenters. The van der Waals surface area contributed by atoms with Gasteiger partial charge in [-0.15, -0.1) is 24.0 Å². The third kappa shape index (κ3) is 8.25. The van der Waals surface area contributed by atoms with Crippen LogP contribution < -0.4 is 20.7 Å². The van der Waals surface area contributed by atoms with Crippen LogP contribution in [0, 0.1) is 0 Å². The summed E-state index contributed by atoms with van der Waals surface area (Å²) in [5.41, 5.74) is 1.77. The number of ether oxygens (including phenoxy) is 1. The van der Waals surface area contributed by atoms with E-state index in [0.717, 1.165) is 18.7 Å². The average Bonchev–Trinajstić information content (AvgIpc) is 2.70. The SMILES string of the molecule is CN=C(NCCNC(=O)c1cccnc1)NCCc1ccc(OC)cc1.I. The van der Waals surface area contributed by atoms with Crippen LogP contribution in [0.2, 0.25) is 0 Å². The van der Waals surface area contributed by atoms with Gasteiger partial charge in [0.25, 0.3) is 5.91 Å². The first-order chi connectivity index (χ1) is 12.7. The highest BCUT2D eigenvalue weighted by Crippen LogP contribution is 2.11. The van der Waals surface area contributed by atoms with Crippen molar-refractivity contribution in [1.82, 2.24) is 20.9 Å². The van der Waals surface area contributed by atoms with Crippen molar-refractivity contribution >= 4 is 35.8 Å². The van der Waals surface area contributed by atoms with Crippen molar-refractivity contribution in [2.75, 3.05) is 33.8 Å². The predicted octanol–water partition coefficient (Wildman–Crippen LogP) is 1.85. The Labute approximate surface area is 177 Å². The molecule has 0 saturated heterocycles. The third-order valence-corrected chi connectivity index (χ3v) is 3.72. The average molecular weight is 483 g/mol. The maximum Gasteiger partial charge on any atom is 0.252 e. The molecule has 0 fully saturated rings. The molecule has 2 rings (SSSR count). The number of aliphatic imine (C=N–C) groups is 1.